The third-order valence-corrected chi connectivity index (χ3v) is 6.07. The van der Waals surface area contributed by atoms with Crippen molar-refractivity contribution in [3.63, 3.8) is 0 Å². The summed E-state index contributed by atoms with van der Waals surface area (Å²) >= 11 is 6.32. The average Bonchev–Trinajstić information content (AvgIpc) is 2.81. The summed E-state index contributed by atoms with van der Waals surface area (Å²) in [5.41, 5.74) is 2.53. The van der Waals surface area contributed by atoms with Crippen LogP contribution in [0.3, 0.4) is 0 Å². The number of carbonyl (C=O) groups is 1. The van der Waals surface area contributed by atoms with E-state index in [4.69, 9.17) is 21.1 Å². The minimum absolute atomic E-state index is 0.00274. The van der Waals surface area contributed by atoms with E-state index in [0.29, 0.717) is 42.0 Å². The Labute approximate surface area is 198 Å². The number of nitrogens with one attached hydrogen (secondary N) is 2. The fourth-order valence-corrected chi connectivity index (χ4v) is 3.91. The van der Waals surface area contributed by atoms with Crippen LogP contribution in [-0.4, -0.2) is 54.1 Å². The van der Waals surface area contributed by atoms with Gasteiger partial charge in [0.15, 0.2) is 11.5 Å². The van der Waals surface area contributed by atoms with Crippen molar-refractivity contribution >= 4 is 39.9 Å². The molecular formula is C24H28ClN5O3. The number of carbonyl (C=O) groups excluding carboxylic acids is 1. The summed E-state index contributed by atoms with van der Waals surface area (Å²) in [6, 6.07) is 9.12. The molecule has 2 aromatic carbocycles. The second-order valence-corrected chi connectivity index (χ2v) is 8.54. The van der Waals surface area contributed by atoms with Crippen LogP contribution >= 0.6 is 11.6 Å². The van der Waals surface area contributed by atoms with E-state index in [1.807, 2.05) is 49.2 Å². The Hall–Kier alpha value is -3.10. The maximum absolute atomic E-state index is 12.6. The highest BCUT2D eigenvalue weighted by molar-refractivity contribution is 6.30. The van der Waals surface area contributed by atoms with Gasteiger partial charge < -0.3 is 20.1 Å². The Morgan fingerprint density at radius 2 is 2.06 bits per heavy atom. The van der Waals surface area contributed by atoms with Crippen LogP contribution < -0.4 is 20.1 Å². The fourth-order valence-electron chi connectivity index (χ4n) is 3.74. The third kappa shape index (κ3) is 5.29. The van der Waals surface area contributed by atoms with Crippen molar-refractivity contribution in [2.75, 3.05) is 32.6 Å². The first-order chi connectivity index (χ1) is 16.0. The SMILES string of the molecule is COc1cc2ncnc3c2cc1OCCCCNC(=O)C(C)N(C)Cc1ccc(Cl)cc1N3. The normalized spacial score (nSPS) is 18.1. The molecule has 1 aromatic heterocycles. The van der Waals surface area contributed by atoms with E-state index in [2.05, 4.69) is 20.6 Å². The number of anilines is 2. The van der Waals surface area contributed by atoms with Crippen LogP contribution in [0.2, 0.25) is 5.02 Å². The molecule has 2 N–H and O–H groups in total. The van der Waals surface area contributed by atoms with E-state index in [1.165, 1.54) is 6.33 Å². The molecule has 1 unspecified atom stereocenters. The van der Waals surface area contributed by atoms with Crippen LogP contribution in [0, 0.1) is 0 Å². The zero-order valence-corrected chi connectivity index (χ0v) is 19.8. The maximum Gasteiger partial charge on any atom is 0.237 e. The van der Waals surface area contributed by atoms with Crippen molar-refractivity contribution in [2.45, 2.75) is 32.4 Å². The molecule has 0 aliphatic carbocycles. The minimum Gasteiger partial charge on any atom is -0.493 e. The van der Waals surface area contributed by atoms with Gasteiger partial charge in [0.2, 0.25) is 5.91 Å². The van der Waals surface area contributed by atoms with Crippen molar-refractivity contribution in [1.82, 2.24) is 20.2 Å². The highest BCUT2D eigenvalue weighted by atomic mass is 35.5. The second-order valence-electron chi connectivity index (χ2n) is 8.11. The molecule has 0 spiro atoms. The lowest BCUT2D eigenvalue weighted by atomic mass is 10.1. The first-order valence-electron chi connectivity index (χ1n) is 10.9. The molecule has 4 rings (SSSR count). The van der Waals surface area contributed by atoms with E-state index < -0.39 is 0 Å². The van der Waals surface area contributed by atoms with Gasteiger partial charge in [0.1, 0.15) is 12.1 Å². The smallest absolute Gasteiger partial charge is 0.237 e. The van der Waals surface area contributed by atoms with Gasteiger partial charge in [-0.3, -0.25) is 9.69 Å². The Morgan fingerprint density at radius 1 is 1.21 bits per heavy atom. The zero-order chi connectivity index (χ0) is 23.4. The number of methoxy groups -OCH3 is 1. The van der Waals surface area contributed by atoms with Crippen LogP contribution in [0.4, 0.5) is 11.5 Å². The first kappa shape index (κ1) is 23.1. The van der Waals surface area contributed by atoms with Crippen molar-refractivity contribution in [3.8, 4) is 11.5 Å². The Bertz CT molecular complexity index is 1160. The van der Waals surface area contributed by atoms with Crippen LogP contribution in [0.25, 0.3) is 10.9 Å². The number of aromatic nitrogens is 2. The molecule has 1 amide bonds. The third-order valence-electron chi connectivity index (χ3n) is 5.83. The van der Waals surface area contributed by atoms with Gasteiger partial charge in [0.25, 0.3) is 0 Å². The largest absolute Gasteiger partial charge is 0.493 e. The lowest BCUT2D eigenvalue weighted by molar-refractivity contribution is -0.125. The summed E-state index contributed by atoms with van der Waals surface area (Å²) in [5, 5.41) is 7.84. The molecule has 1 atom stereocenters. The molecule has 33 heavy (non-hydrogen) atoms. The molecule has 2 heterocycles. The summed E-state index contributed by atoms with van der Waals surface area (Å²) in [4.78, 5) is 23.5. The summed E-state index contributed by atoms with van der Waals surface area (Å²) in [6.45, 7) is 3.56. The standard InChI is InChI=1S/C24H28ClN5O3/c1-15-24(31)26-8-4-5-9-33-22-11-18-20(12-21(22)32-3)27-14-28-23(18)29-19-10-17(25)7-6-16(19)13-30(15)2/h6-7,10-12,14-15H,4-5,8-9,13H2,1-3H3,(H,26,31)(H,27,28,29). The van der Waals surface area contributed by atoms with Crippen molar-refractivity contribution in [1.29, 1.82) is 0 Å². The molecule has 0 radical (unpaired) electrons. The molecule has 0 saturated heterocycles. The van der Waals surface area contributed by atoms with Gasteiger partial charge >= 0.3 is 0 Å². The summed E-state index contributed by atoms with van der Waals surface area (Å²) in [6.07, 6.45) is 3.12. The minimum atomic E-state index is -0.287. The Morgan fingerprint density at radius 3 is 2.88 bits per heavy atom. The lowest BCUT2D eigenvalue weighted by Crippen LogP contribution is -2.43. The predicted octanol–water partition coefficient (Wildman–Crippen LogP) is 4.14. The van der Waals surface area contributed by atoms with Gasteiger partial charge in [-0.25, -0.2) is 9.97 Å². The van der Waals surface area contributed by atoms with Gasteiger partial charge in [0.05, 0.1) is 25.3 Å². The van der Waals surface area contributed by atoms with E-state index in [9.17, 15) is 4.79 Å². The number of likely N-dealkylation sites (N-methyl/N-ethyl adjacent to an activating group) is 1. The second kappa shape index (κ2) is 10.2. The van der Waals surface area contributed by atoms with E-state index in [0.717, 1.165) is 35.0 Å². The number of fused-ring (bicyclic) bond motifs is 2. The number of rotatable bonds is 1. The first-order valence-corrected chi connectivity index (χ1v) is 11.3. The highest BCUT2D eigenvalue weighted by Crippen LogP contribution is 2.35. The van der Waals surface area contributed by atoms with Gasteiger partial charge in [0, 0.05) is 35.3 Å². The molecule has 174 valence electrons. The zero-order valence-electron chi connectivity index (χ0n) is 19.0. The molecule has 0 saturated carbocycles. The van der Waals surface area contributed by atoms with Crippen molar-refractivity contribution in [2.24, 2.45) is 0 Å². The van der Waals surface area contributed by atoms with Crippen LogP contribution in [0.5, 0.6) is 11.5 Å². The number of ether oxygens (including phenoxy) is 2. The van der Waals surface area contributed by atoms with Gasteiger partial charge in [-0.05, 0) is 50.6 Å². The Kier molecular flexibility index (Phi) is 7.15. The van der Waals surface area contributed by atoms with E-state index in [-0.39, 0.29) is 11.9 Å². The molecular weight excluding hydrogens is 442 g/mol. The number of hydrogen-bond donors (Lipinski definition) is 2. The van der Waals surface area contributed by atoms with Gasteiger partial charge in [-0.15, -0.1) is 0 Å². The average molecular weight is 470 g/mol. The molecule has 2 bridgehead atoms. The maximum atomic E-state index is 12.6. The van der Waals surface area contributed by atoms with E-state index >= 15 is 0 Å². The molecule has 1 aliphatic heterocycles. The summed E-state index contributed by atoms with van der Waals surface area (Å²) in [7, 11) is 3.54. The molecule has 8 nitrogen and oxygen atoms in total. The highest BCUT2D eigenvalue weighted by Gasteiger charge is 2.20. The molecule has 9 heteroatoms. The van der Waals surface area contributed by atoms with Crippen molar-refractivity contribution < 1.29 is 14.3 Å². The molecule has 1 aliphatic rings. The topological polar surface area (TPSA) is 88.6 Å². The van der Waals surface area contributed by atoms with E-state index in [1.54, 1.807) is 7.11 Å². The fraction of sp³-hybridized carbons (Fsp3) is 0.375. The number of benzene rings is 2. The van der Waals surface area contributed by atoms with Crippen LogP contribution in [-0.2, 0) is 11.3 Å². The quantitative estimate of drug-likeness (QED) is 0.553. The number of hydrogen-bond acceptors (Lipinski definition) is 7. The van der Waals surface area contributed by atoms with Gasteiger partial charge in [-0.2, -0.15) is 0 Å². The molecule has 3 aromatic rings. The molecule has 0 fully saturated rings. The monoisotopic (exact) mass is 469 g/mol. The number of halogens is 1. The predicted molar refractivity (Wildman–Crippen MR) is 129 cm³/mol. The van der Waals surface area contributed by atoms with Crippen LogP contribution in [0.1, 0.15) is 25.3 Å². The number of nitrogens with zero attached hydrogens (tertiary/aromatic N) is 3. The number of amides is 1. The lowest BCUT2D eigenvalue weighted by Gasteiger charge is -2.25. The Balaban J connectivity index is 1.78. The summed E-state index contributed by atoms with van der Waals surface area (Å²) in [5.74, 6) is 1.86. The van der Waals surface area contributed by atoms with Gasteiger partial charge in [-0.1, -0.05) is 17.7 Å². The van der Waals surface area contributed by atoms with Crippen LogP contribution in [0.15, 0.2) is 36.7 Å². The van der Waals surface area contributed by atoms with Crippen molar-refractivity contribution in [3.05, 3.63) is 47.2 Å². The summed E-state index contributed by atoms with van der Waals surface area (Å²) < 4.78 is 11.5.